The smallest absolute Gasteiger partial charge is 0.191 e. The monoisotopic (exact) mass is 371 g/mol. The normalized spacial score (nSPS) is 11.9. The van der Waals surface area contributed by atoms with Crippen molar-refractivity contribution in [1.29, 1.82) is 0 Å². The number of aryl methyl sites for hydroxylation is 2. The van der Waals surface area contributed by atoms with Gasteiger partial charge in [-0.05, 0) is 36.6 Å². The SMILES string of the molecule is CCc1noc(CC)c1CNC(=NC)NCCc1c[nH]c2ccc(F)cc12. The number of rotatable bonds is 7. The van der Waals surface area contributed by atoms with Gasteiger partial charge in [0.15, 0.2) is 5.96 Å². The first-order valence-corrected chi connectivity index (χ1v) is 9.32. The molecule has 3 aromatic rings. The summed E-state index contributed by atoms with van der Waals surface area (Å²) in [5.41, 5.74) is 4.11. The molecule has 0 aliphatic rings. The lowest BCUT2D eigenvalue weighted by Crippen LogP contribution is -2.38. The summed E-state index contributed by atoms with van der Waals surface area (Å²) in [5.74, 6) is 1.41. The Hall–Kier alpha value is -2.83. The van der Waals surface area contributed by atoms with Gasteiger partial charge in [0.2, 0.25) is 0 Å². The molecule has 0 radical (unpaired) electrons. The molecule has 2 heterocycles. The van der Waals surface area contributed by atoms with Gasteiger partial charge in [-0.1, -0.05) is 19.0 Å². The summed E-state index contributed by atoms with van der Waals surface area (Å²) in [7, 11) is 1.74. The second-order valence-electron chi connectivity index (χ2n) is 6.34. The summed E-state index contributed by atoms with van der Waals surface area (Å²) in [6, 6.07) is 4.79. The third-order valence-corrected chi connectivity index (χ3v) is 4.68. The van der Waals surface area contributed by atoms with Gasteiger partial charge in [-0.3, -0.25) is 4.99 Å². The summed E-state index contributed by atoms with van der Waals surface area (Å²) < 4.78 is 18.9. The minimum atomic E-state index is -0.221. The number of hydrogen-bond donors (Lipinski definition) is 3. The van der Waals surface area contributed by atoms with Crippen LogP contribution in [0.25, 0.3) is 10.9 Å². The molecular formula is C20H26FN5O. The van der Waals surface area contributed by atoms with Crippen LogP contribution in [-0.4, -0.2) is 29.7 Å². The summed E-state index contributed by atoms with van der Waals surface area (Å²) in [5, 5.41) is 11.7. The summed E-state index contributed by atoms with van der Waals surface area (Å²) in [6.45, 7) is 5.43. The molecular weight excluding hydrogens is 345 g/mol. The largest absolute Gasteiger partial charge is 0.361 e. The zero-order chi connectivity index (χ0) is 19.2. The summed E-state index contributed by atoms with van der Waals surface area (Å²) >= 11 is 0. The molecule has 0 saturated heterocycles. The fourth-order valence-corrected chi connectivity index (χ4v) is 3.20. The van der Waals surface area contributed by atoms with Crippen LogP contribution in [0.15, 0.2) is 33.9 Å². The molecule has 3 N–H and O–H groups in total. The molecule has 0 spiro atoms. The Labute approximate surface area is 158 Å². The number of aliphatic imine (C=N–C) groups is 1. The Kier molecular flexibility index (Phi) is 6.11. The highest BCUT2D eigenvalue weighted by molar-refractivity contribution is 5.83. The number of benzene rings is 1. The predicted octanol–water partition coefficient (Wildman–Crippen LogP) is 3.33. The van der Waals surface area contributed by atoms with Crippen molar-refractivity contribution in [3.8, 4) is 0 Å². The Bertz CT molecular complexity index is 906. The van der Waals surface area contributed by atoms with E-state index in [1.165, 1.54) is 6.07 Å². The molecule has 27 heavy (non-hydrogen) atoms. The predicted molar refractivity (Wildman–Crippen MR) is 105 cm³/mol. The number of fused-ring (bicyclic) bond motifs is 1. The number of hydrogen-bond acceptors (Lipinski definition) is 3. The molecule has 0 unspecified atom stereocenters. The van der Waals surface area contributed by atoms with Crippen LogP contribution in [0.5, 0.6) is 0 Å². The first-order valence-electron chi connectivity index (χ1n) is 9.32. The van der Waals surface area contributed by atoms with E-state index in [-0.39, 0.29) is 5.82 Å². The average Bonchev–Trinajstić information content (AvgIpc) is 3.27. The van der Waals surface area contributed by atoms with E-state index in [9.17, 15) is 4.39 Å². The maximum Gasteiger partial charge on any atom is 0.191 e. The highest BCUT2D eigenvalue weighted by atomic mass is 19.1. The van der Waals surface area contributed by atoms with Crippen LogP contribution >= 0.6 is 0 Å². The summed E-state index contributed by atoms with van der Waals surface area (Å²) in [4.78, 5) is 7.45. The van der Waals surface area contributed by atoms with Crippen LogP contribution in [0.2, 0.25) is 0 Å². The standard InChI is InChI=1S/C20H26FN5O/c1-4-17-16(19(5-2)27-26-17)12-25-20(22-3)23-9-8-13-11-24-18-7-6-14(21)10-15(13)18/h6-7,10-11,24H,4-5,8-9,12H2,1-3H3,(H2,22,23,25). The van der Waals surface area contributed by atoms with Crippen molar-refractivity contribution in [2.75, 3.05) is 13.6 Å². The third-order valence-electron chi connectivity index (χ3n) is 4.68. The molecule has 0 saturated carbocycles. The van der Waals surface area contributed by atoms with Crippen molar-refractivity contribution in [3.05, 3.63) is 52.8 Å². The molecule has 6 nitrogen and oxygen atoms in total. The van der Waals surface area contributed by atoms with Crippen LogP contribution < -0.4 is 10.6 Å². The van der Waals surface area contributed by atoms with E-state index in [4.69, 9.17) is 4.52 Å². The lowest BCUT2D eigenvalue weighted by atomic mass is 10.1. The highest BCUT2D eigenvalue weighted by Gasteiger charge is 2.13. The number of H-pyrrole nitrogens is 1. The fourth-order valence-electron chi connectivity index (χ4n) is 3.20. The van der Waals surface area contributed by atoms with E-state index in [1.807, 2.05) is 6.20 Å². The average molecular weight is 371 g/mol. The van der Waals surface area contributed by atoms with Crippen molar-refractivity contribution in [2.24, 2.45) is 4.99 Å². The lowest BCUT2D eigenvalue weighted by Gasteiger charge is -2.12. The van der Waals surface area contributed by atoms with Crippen LogP contribution in [0.1, 0.15) is 36.4 Å². The van der Waals surface area contributed by atoms with Crippen LogP contribution in [0.3, 0.4) is 0 Å². The van der Waals surface area contributed by atoms with E-state index in [0.717, 1.165) is 52.7 Å². The molecule has 7 heteroatoms. The fraction of sp³-hybridized carbons (Fsp3) is 0.400. The Morgan fingerprint density at radius 2 is 2.11 bits per heavy atom. The van der Waals surface area contributed by atoms with E-state index >= 15 is 0 Å². The van der Waals surface area contributed by atoms with Crippen molar-refractivity contribution in [2.45, 2.75) is 39.7 Å². The highest BCUT2D eigenvalue weighted by Crippen LogP contribution is 2.19. The van der Waals surface area contributed by atoms with Crippen molar-refractivity contribution in [3.63, 3.8) is 0 Å². The van der Waals surface area contributed by atoms with Gasteiger partial charge in [0.05, 0.1) is 5.69 Å². The van der Waals surface area contributed by atoms with Crippen LogP contribution in [-0.2, 0) is 25.8 Å². The molecule has 0 fully saturated rings. The van der Waals surface area contributed by atoms with Crippen LogP contribution in [0, 0.1) is 5.82 Å². The first kappa shape index (κ1) is 18.9. The van der Waals surface area contributed by atoms with Crippen molar-refractivity contribution >= 4 is 16.9 Å². The van der Waals surface area contributed by atoms with Crippen molar-refractivity contribution in [1.82, 2.24) is 20.8 Å². The van der Waals surface area contributed by atoms with Gasteiger partial charge in [0.1, 0.15) is 11.6 Å². The zero-order valence-electron chi connectivity index (χ0n) is 16.0. The second-order valence-corrected chi connectivity index (χ2v) is 6.34. The van der Waals surface area contributed by atoms with Gasteiger partial charge < -0.3 is 20.1 Å². The topological polar surface area (TPSA) is 78.2 Å². The molecule has 2 aromatic heterocycles. The molecule has 0 aliphatic carbocycles. The first-order chi connectivity index (χ1) is 13.2. The minimum absolute atomic E-state index is 0.221. The Morgan fingerprint density at radius 1 is 1.26 bits per heavy atom. The number of nitrogens with zero attached hydrogens (tertiary/aromatic N) is 2. The lowest BCUT2D eigenvalue weighted by molar-refractivity contribution is 0.380. The quantitative estimate of drug-likeness (QED) is 0.440. The maximum atomic E-state index is 13.5. The van der Waals surface area contributed by atoms with E-state index < -0.39 is 0 Å². The van der Waals surface area contributed by atoms with Crippen molar-refractivity contribution < 1.29 is 8.91 Å². The van der Waals surface area contributed by atoms with E-state index in [2.05, 4.69) is 39.6 Å². The maximum absolute atomic E-state index is 13.5. The minimum Gasteiger partial charge on any atom is -0.361 e. The van der Waals surface area contributed by atoms with Gasteiger partial charge in [-0.25, -0.2) is 4.39 Å². The molecule has 0 aliphatic heterocycles. The molecule has 144 valence electrons. The van der Waals surface area contributed by atoms with Gasteiger partial charge in [-0.15, -0.1) is 0 Å². The van der Waals surface area contributed by atoms with Gasteiger partial charge in [-0.2, -0.15) is 0 Å². The van der Waals surface area contributed by atoms with E-state index in [1.54, 1.807) is 19.2 Å². The van der Waals surface area contributed by atoms with Gasteiger partial charge >= 0.3 is 0 Å². The zero-order valence-corrected chi connectivity index (χ0v) is 16.0. The summed E-state index contributed by atoms with van der Waals surface area (Å²) in [6.07, 6.45) is 4.34. The molecule has 0 amide bonds. The second kappa shape index (κ2) is 8.70. The molecule has 0 atom stereocenters. The number of halogens is 1. The van der Waals surface area contributed by atoms with E-state index in [0.29, 0.717) is 19.0 Å². The number of guanidine groups is 1. The van der Waals surface area contributed by atoms with Crippen LogP contribution in [0.4, 0.5) is 4.39 Å². The molecule has 0 bridgehead atoms. The number of nitrogens with one attached hydrogen (secondary N) is 3. The molecule has 3 rings (SSSR count). The Balaban J connectivity index is 1.56. The van der Waals surface area contributed by atoms with Gasteiger partial charge in [0.25, 0.3) is 0 Å². The Morgan fingerprint density at radius 3 is 2.85 bits per heavy atom. The number of aromatic amines is 1. The third kappa shape index (κ3) is 4.30. The van der Waals surface area contributed by atoms with Gasteiger partial charge in [0, 0.05) is 49.2 Å². The molecule has 1 aromatic carbocycles. The number of aromatic nitrogens is 2.